The number of hydrogen-bond acceptors (Lipinski definition) is 5. The lowest BCUT2D eigenvalue weighted by molar-refractivity contribution is -0.237. The normalized spacial score (nSPS) is 27.1. The van der Waals surface area contributed by atoms with Gasteiger partial charge in [-0.2, -0.15) is 0 Å². The molecule has 0 aliphatic carbocycles. The molecule has 1 unspecified atom stereocenters. The second-order valence-corrected chi connectivity index (χ2v) is 8.00. The van der Waals surface area contributed by atoms with Gasteiger partial charge in [-0.25, -0.2) is 0 Å². The van der Waals surface area contributed by atoms with E-state index in [4.69, 9.17) is 23.7 Å². The molecule has 0 spiro atoms. The molecule has 5 heteroatoms. The van der Waals surface area contributed by atoms with Crippen molar-refractivity contribution in [3.05, 3.63) is 71.8 Å². The molecule has 5 nitrogen and oxygen atoms in total. The molecule has 2 aliphatic heterocycles. The Morgan fingerprint density at radius 2 is 1.57 bits per heavy atom. The fraction of sp³-hybridized carbons (Fsp3) is 0.520. The van der Waals surface area contributed by atoms with E-state index in [0.717, 1.165) is 43.4 Å². The summed E-state index contributed by atoms with van der Waals surface area (Å²) in [5.41, 5.74) is 2.31. The van der Waals surface area contributed by atoms with Crippen LogP contribution in [0.15, 0.2) is 60.7 Å². The molecule has 162 valence electrons. The molecule has 2 heterocycles. The molecule has 4 rings (SSSR count). The molecule has 30 heavy (non-hydrogen) atoms. The van der Waals surface area contributed by atoms with E-state index in [9.17, 15) is 0 Å². The topological polar surface area (TPSA) is 46.2 Å². The zero-order valence-corrected chi connectivity index (χ0v) is 17.5. The van der Waals surface area contributed by atoms with Crippen LogP contribution in [0.2, 0.25) is 0 Å². The van der Waals surface area contributed by atoms with E-state index in [1.807, 2.05) is 36.4 Å². The van der Waals surface area contributed by atoms with Crippen molar-refractivity contribution in [2.45, 2.75) is 63.5 Å². The Hall–Kier alpha value is -1.76. The van der Waals surface area contributed by atoms with Crippen LogP contribution in [0.25, 0.3) is 0 Å². The highest BCUT2D eigenvalue weighted by molar-refractivity contribution is 5.14. The van der Waals surface area contributed by atoms with Crippen molar-refractivity contribution in [3.8, 4) is 0 Å². The van der Waals surface area contributed by atoms with Crippen molar-refractivity contribution in [1.29, 1.82) is 0 Å². The smallest absolute Gasteiger partial charge is 0.158 e. The molecule has 2 aliphatic rings. The second-order valence-electron chi connectivity index (χ2n) is 8.00. The third-order valence-electron chi connectivity index (χ3n) is 5.59. The predicted octanol–water partition coefficient (Wildman–Crippen LogP) is 4.49. The van der Waals surface area contributed by atoms with Crippen LogP contribution in [-0.4, -0.2) is 44.4 Å². The van der Waals surface area contributed by atoms with E-state index < -0.39 is 0 Å². The van der Waals surface area contributed by atoms with Gasteiger partial charge < -0.3 is 23.7 Å². The molecule has 2 fully saturated rings. The van der Waals surface area contributed by atoms with Crippen LogP contribution in [0, 0.1) is 0 Å². The molecular formula is C25H32O5. The summed E-state index contributed by atoms with van der Waals surface area (Å²) in [6.07, 6.45) is 3.69. The Morgan fingerprint density at radius 3 is 2.27 bits per heavy atom. The minimum Gasteiger partial charge on any atom is -0.374 e. The first-order valence-corrected chi connectivity index (χ1v) is 11.0. The van der Waals surface area contributed by atoms with Crippen molar-refractivity contribution < 1.29 is 23.7 Å². The molecule has 0 aromatic heterocycles. The van der Waals surface area contributed by atoms with Gasteiger partial charge in [0, 0.05) is 13.0 Å². The first kappa shape index (κ1) is 21.5. The van der Waals surface area contributed by atoms with Crippen molar-refractivity contribution in [1.82, 2.24) is 0 Å². The predicted molar refractivity (Wildman–Crippen MR) is 114 cm³/mol. The molecule has 0 saturated carbocycles. The summed E-state index contributed by atoms with van der Waals surface area (Å²) in [5, 5.41) is 0. The molecule has 2 saturated heterocycles. The molecule has 0 bridgehead atoms. The van der Waals surface area contributed by atoms with E-state index in [-0.39, 0.29) is 24.6 Å². The van der Waals surface area contributed by atoms with Gasteiger partial charge in [-0.1, -0.05) is 60.7 Å². The van der Waals surface area contributed by atoms with Crippen LogP contribution in [0.1, 0.15) is 36.8 Å². The summed E-state index contributed by atoms with van der Waals surface area (Å²) < 4.78 is 30.3. The van der Waals surface area contributed by atoms with Gasteiger partial charge in [0.2, 0.25) is 0 Å². The highest BCUT2D eigenvalue weighted by atomic mass is 16.7. The molecular weight excluding hydrogens is 380 g/mol. The monoisotopic (exact) mass is 412 g/mol. The van der Waals surface area contributed by atoms with E-state index >= 15 is 0 Å². The average Bonchev–Trinajstić information content (AvgIpc) is 2.81. The molecule has 0 amide bonds. The average molecular weight is 413 g/mol. The van der Waals surface area contributed by atoms with Crippen molar-refractivity contribution in [3.63, 3.8) is 0 Å². The largest absolute Gasteiger partial charge is 0.374 e. The summed E-state index contributed by atoms with van der Waals surface area (Å²) in [4.78, 5) is 0. The fourth-order valence-electron chi connectivity index (χ4n) is 3.92. The quantitative estimate of drug-likeness (QED) is 0.607. The van der Waals surface area contributed by atoms with Crippen LogP contribution in [0.5, 0.6) is 0 Å². The standard InChI is InChI=1S/C25H32O5/c1-3-9-20(10-4-1)16-26-19-24-23(28-17-21-11-5-2-6-12-21)15-22(18-29-24)30-25-13-7-8-14-27-25/h1-6,9-12,22-25H,7-8,13-19H2/t22-,23-,24+,25?/m0/s1. The lowest BCUT2D eigenvalue weighted by atomic mass is 10.0. The van der Waals surface area contributed by atoms with E-state index in [1.54, 1.807) is 0 Å². The summed E-state index contributed by atoms with van der Waals surface area (Å²) in [6.45, 7) is 2.95. The Balaban J connectivity index is 1.31. The minimum absolute atomic E-state index is 0.0146. The minimum atomic E-state index is -0.118. The number of hydrogen-bond donors (Lipinski definition) is 0. The zero-order valence-electron chi connectivity index (χ0n) is 17.5. The molecule has 4 atom stereocenters. The van der Waals surface area contributed by atoms with Crippen LogP contribution < -0.4 is 0 Å². The second kappa shape index (κ2) is 11.6. The van der Waals surface area contributed by atoms with E-state index in [0.29, 0.717) is 26.4 Å². The van der Waals surface area contributed by atoms with Gasteiger partial charge in [0.1, 0.15) is 6.10 Å². The highest BCUT2D eigenvalue weighted by Gasteiger charge is 2.34. The van der Waals surface area contributed by atoms with E-state index in [1.165, 1.54) is 0 Å². The fourth-order valence-corrected chi connectivity index (χ4v) is 3.92. The SMILES string of the molecule is c1ccc(COC[C@H]2OC[C@@H](OC3CCCCO3)C[C@@H]2OCc2ccccc2)cc1. The van der Waals surface area contributed by atoms with Gasteiger partial charge in [-0.05, 0) is 30.4 Å². The van der Waals surface area contributed by atoms with Gasteiger partial charge in [0.15, 0.2) is 6.29 Å². The summed E-state index contributed by atoms with van der Waals surface area (Å²) in [6, 6.07) is 20.4. The van der Waals surface area contributed by atoms with Crippen LogP contribution >= 0.6 is 0 Å². The molecule has 0 N–H and O–H groups in total. The Kier molecular flexibility index (Phi) is 8.29. The van der Waals surface area contributed by atoms with Crippen molar-refractivity contribution >= 4 is 0 Å². The highest BCUT2D eigenvalue weighted by Crippen LogP contribution is 2.25. The summed E-state index contributed by atoms with van der Waals surface area (Å²) in [7, 11) is 0. The van der Waals surface area contributed by atoms with Crippen LogP contribution in [0.3, 0.4) is 0 Å². The van der Waals surface area contributed by atoms with Gasteiger partial charge in [-0.3, -0.25) is 0 Å². The molecule has 2 aromatic rings. The van der Waals surface area contributed by atoms with Gasteiger partial charge in [-0.15, -0.1) is 0 Å². The Morgan fingerprint density at radius 1 is 0.833 bits per heavy atom. The van der Waals surface area contributed by atoms with Crippen molar-refractivity contribution in [2.24, 2.45) is 0 Å². The van der Waals surface area contributed by atoms with Gasteiger partial charge in [0.25, 0.3) is 0 Å². The molecule has 0 radical (unpaired) electrons. The maximum absolute atomic E-state index is 6.28. The maximum atomic E-state index is 6.28. The lowest BCUT2D eigenvalue weighted by Crippen LogP contribution is -2.47. The maximum Gasteiger partial charge on any atom is 0.158 e. The first-order chi connectivity index (χ1) is 14.9. The van der Waals surface area contributed by atoms with Gasteiger partial charge in [0.05, 0.1) is 38.6 Å². The summed E-state index contributed by atoms with van der Waals surface area (Å²) >= 11 is 0. The lowest BCUT2D eigenvalue weighted by Gasteiger charge is -2.37. The third-order valence-corrected chi connectivity index (χ3v) is 5.59. The van der Waals surface area contributed by atoms with Crippen LogP contribution in [-0.2, 0) is 36.9 Å². The zero-order chi connectivity index (χ0) is 20.4. The Bertz CT molecular complexity index is 717. The summed E-state index contributed by atoms with van der Waals surface area (Å²) in [5.74, 6) is 0. The molecule has 2 aromatic carbocycles. The third kappa shape index (κ3) is 6.62. The number of benzene rings is 2. The number of ether oxygens (including phenoxy) is 5. The Labute approximate surface area is 179 Å². The first-order valence-electron chi connectivity index (χ1n) is 11.0. The van der Waals surface area contributed by atoms with E-state index in [2.05, 4.69) is 24.3 Å². The van der Waals surface area contributed by atoms with Crippen molar-refractivity contribution in [2.75, 3.05) is 19.8 Å². The number of rotatable bonds is 9. The van der Waals surface area contributed by atoms with Gasteiger partial charge >= 0.3 is 0 Å². The van der Waals surface area contributed by atoms with Crippen LogP contribution in [0.4, 0.5) is 0 Å².